The zero-order chi connectivity index (χ0) is 13.7. The fourth-order valence-corrected chi connectivity index (χ4v) is 1.37. The van der Waals surface area contributed by atoms with E-state index in [1.807, 2.05) is 38.1 Å². The molecule has 0 saturated carbocycles. The minimum atomic E-state index is 0.00349. The molecule has 0 aliphatic heterocycles. The van der Waals surface area contributed by atoms with Crippen LogP contribution in [0.2, 0.25) is 0 Å². The fourth-order valence-electron chi connectivity index (χ4n) is 1.37. The minimum Gasteiger partial charge on any atom is -0.382 e. The van der Waals surface area contributed by atoms with Gasteiger partial charge in [0.1, 0.15) is 0 Å². The van der Waals surface area contributed by atoms with Crippen LogP contribution >= 0.6 is 0 Å². The highest BCUT2D eigenvalue weighted by molar-refractivity contribution is 5.92. The third kappa shape index (κ3) is 4.40. The molecular weight excluding hydrogens is 224 g/mol. The first-order chi connectivity index (χ1) is 8.40. The van der Waals surface area contributed by atoms with Gasteiger partial charge in [0, 0.05) is 23.3 Å². The van der Waals surface area contributed by atoms with Gasteiger partial charge in [-0.15, -0.1) is 0 Å². The van der Waals surface area contributed by atoms with E-state index in [4.69, 9.17) is 0 Å². The Balaban J connectivity index is 2.60. The molecular formula is C15H24N2O. The Morgan fingerprint density at radius 2 is 1.44 bits per heavy atom. The zero-order valence-electron chi connectivity index (χ0n) is 11.9. The summed E-state index contributed by atoms with van der Waals surface area (Å²) >= 11 is 0. The number of hydrogen-bond donors (Lipinski definition) is 2. The maximum absolute atomic E-state index is 11.5. The second-order valence-corrected chi connectivity index (χ2v) is 5.40. The van der Waals surface area contributed by atoms with E-state index >= 15 is 0 Å². The Hall–Kier alpha value is -1.51. The van der Waals surface area contributed by atoms with Gasteiger partial charge in [-0.3, -0.25) is 4.79 Å². The van der Waals surface area contributed by atoms with Crippen LogP contribution in [0.4, 0.5) is 11.4 Å². The smallest absolute Gasteiger partial charge is 0.226 e. The Bertz CT molecular complexity index is 382. The molecule has 0 spiro atoms. The lowest BCUT2D eigenvalue weighted by Crippen LogP contribution is -2.21. The van der Waals surface area contributed by atoms with Gasteiger partial charge in [0.05, 0.1) is 0 Å². The van der Waals surface area contributed by atoms with Crippen LogP contribution in [0.5, 0.6) is 0 Å². The van der Waals surface area contributed by atoms with Gasteiger partial charge < -0.3 is 10.6 Å². The number of rotatable bonds is 5. The summed E-state index contributed by atoms with van der Waals surface area (Å²) in [6.07, 6.45) is 0. The van der Waals surface area contributed by atoms with Crippen molar-refractivity contribution < 1.29 is 4.79 Å². The minimum absolute atomic E-state index is 0.00349. The lowest BCUT2D eigenvalue weighted by molar-refractivity contribution is -0.118. The molecule has 1 rings (SSSR count). The van der Waals surface area contributed by atoms with Crippen LogP contribution in [0.3, 0.4) is 0 Å². The zero-order valence-corrected chi connectivity index (χ0v) is 11.9. The molecule has 0 radical (unpaired) electrons. The Labute approximate surface area is 110 Å². The summed E-state index contributed by atoms with van der Waals surface area (Å²) in [6, 6.07) is 8.27. The Kier molecular flexibility index (Phi) is 5.20. The summed E-state index contributed by atoms with van der Waals surface area (Å²) in [5.41, 5.74) is 1.93. The maximum Gasteiger partial charge on any atom is 0.226 e. The summed E-state index contributed by atoms with van der Waals surface area (Å²) in [7, 11) is 0. The van der Waals surface area contributed by atoms with Crippen molar-refractivity contribution >= 4 is 17.3 Å². The van der Waals surface area contributed by atoms with Crippen LogP contribution in [0.25, 0.3) is 0 Å². The van der Waals surface area contributed by atoms with E-state index in [1.165, 1.54) is 0 Å². The molecule has 1 unspecified atom stereocenters. The van der Waals surface area contributed by atoms with Gasteiger partial charge in [-0.05, 0) is 37.1 Å². The number of benzene rings is 1. The molecule has 0 aliphatic rings. The second kappa shape index (κ2) is 6.43. The molecule has 1 atom stereocenters. The topological polar surface area (TPSA) is 41.1 Å². The van der Waals surface area contributed by atoms with Crippen molar-refractivity contribution in [3.8, 4) is 0 Å². The van der Waals surface area contributed by atoms with Gasteiger partial charge in [-0.2, -0.15) is 0 Å². The molecule has 100 valence electrons. The van der Waals surface area contributed by atoms with Crippen molar-refractivity contribution in [1.82, 2.24) is 0 Å². The van der Waals surface area contributed by atoms with Crippen molar-refractivity contribution in [1.29, 1.82) is 0 Å². The first-order valence-corrected chi connectivity index (χ1v) is 6.57. The van der Waals surface area contributed by atoms with E-state index in [1.54, 1.807) is 0 Å². The van der Waals surface area contributed by atoms with E-state index in [-0.39, 0.29) is 11.8 Å². The molecule has 2 N–H and O–H groups in total. The second-order valence-electron chi connectivity index (χ2n) is 5.40. The van der Waals surface area contributed by atoms with E-state index in [2.05, 4.69) is 31.4 Å². The van der Waals surface area contributed by atoms with Gasteiger partial charge in [0.2, 0.25) is 5.91 Å². The number of carbonyl (C=O) groups excluding carboxylic acids is 1. The summed E-state index contributed by atoms with van der Waals surface area (Å²) < 4.78 is 0. The Morgan fingerprint density at radius 1 is 0.944 bits per heavy atom. The molecule has 1 aromatic carbocycles. The highest BCUT2D eigenvalue weighted by Gasteiger charge is 2.08. The summed E-state index contributed by atoms with van der Waals surface area (Å²) in [6.45, 7) is 10.3. The molecule has 3 nitrogen and oxygen atoms in total. The maximum atomic E-state index is 11.5. The molecule has 18 heavy (non-hydrogen) atoms. The van der Waals surface area contributed by atoms with Crippen LogP contribution in [-0.4, -0.2) is 11.9 Å². The number of nitrogens with one attached hydrogen (secondary N) is 2. The first-order valence-electron chi connectivity index (χ1n) is 6.57. The lowest BCUT2D eigenvalue weighted by Gasteiger charge is -2.19. The fraction of sp³-hybridized carbons (Fsp3) is 0.533. The molecule has 1 aromatic rings. The van der Waals surface area contributed by atoms with Crippen molar-refractivity contribution in [2.45, 2.75) is 40.7 Å². The summed E-state index contributed by atoms with van der Waals surface area (Å²) in [4.78, 5) is 11.5. The van der Waals surface area contributed by atoms with Gasteiger partial charge in [-0.1, -0.05) is 27.7 Å². The lowest BCUT2D eigenvalue weighted by atomic mass is 10.1. The molecule has 0 heterocycles. The monoisotopic (exact) mass is 248 g/mol. The van der Waals surface area contributed by atoms with Crippen LogP contribution in [0.1, 0.15) is 34.6 Å². The molecule has 1 amide bonds. The Morgan fingerprint density at radius 3 is 1.89 bits per heavy atom. The van der Waals surface area contributed by atoms with Crippen LogP contribution in [0, 0.1) is 11.8 Å². The number of amides is 1. The average molecular weight is 248 g/mol. The molecule has 3 heteroatoms. The molecule has 0 aliphatic carbocycles. The third-order valence-corrected chi connectivity index (χ3v) is 3.07. The standard InChI is InChI=1S/C15H24N2O/c1-10(2)12(5)16-13-6-8-14(9-7-13)17-15(18)11(3)4/h6-12,16H,1-5H3,(H,17,18). The first kappa shape index (κ1) is 14.6. The van der Waals surface area contributed by atoms with Crippen molar-refractivity contribution in [2.24, 2.45) is 11.8 Å². The normalized spacial score (nSPS) is 12.6. The van der Waals surface area contributed by atoms with Crippen molar-refractivity contribution in [3.05, 3.63) is 24.3 Å². The molecule has 0 fully saturated rings. The van der Waals surface area contributed by atoms with Gasteiger partial charge in [0.15, 0.2) is 0 Å². The van der Waals surface area contributed by atoms with Gasteiger partial charge >= 0.3 is 0 Å². The number of anilines is 2. The van der Waals surface area contributed by atoms with Gasteiger partial charge in [0.25, 0.3) is 0 Å². The third-order valence-electron chi connectivity index (χ3n) is 3.07. The highest BCUT2D eigenvalue weighted by atomic mass is 16.1. The largest absolute Gasteiger partial charge is 0.382 e. The van der Waals surface area contributed by atoms with Crippen LogP contribution in [0.15, 0.2) is 24.3 Å². The van der Waals surface area contributed by atoms with E-state index in [0.29, 0.717) is 12.0 Å². The van der Waals surface area contributed by atoms with Crippen LogP contribution < -0.4 is 10.6 Å². The average Bonchev–Trinajstić information content (AvgIpc) is 2.31. The summed E-state index contributed by atoms with van der Waals surface area (Å²) in [5, 5.41) is 6.31. The van der Waals surface area contributed by atoms with Crippen molar-refractivity contribution in [2.75, 3.05) is 10.6 Å². The van der Waals surface area contributed by atoms with Gasteiger partial charge in [-0.25, -0.2) is 0 Å². The van der Waals surface area contributed by atoms with Crippen LogP contribution in [-0.2, 0) is 4.79 Å². The van der Waals surface area contributed by atoms with Crippen molar-refractivity contribution in [3.63, 3.8) is 0 Å². The number of carbonyl (C=O) groups is 1. The summed E-state index contributed by atoms with van der Waals surface area (Å²) in [5.74, 6) is 0.639. The van der Waals surface area contributed by atoms with E-state index in [0.717, 1.165) is 11.4 Å². The molecule has 0 aromatic heterocycles. The predicted octanol–water partition coefficient (Wildman–Crippen LogP) is 3.74. The quantitative estimate of drug-likeness (QED) is 0.833. The highest BCUT2D eigenvalue weighted by Crippen LogP contribution is 2.16. The number of hydrogen-bond acceptors (Lipinski definition) is 2. The SMILES string of the molecule is CC(C)C(=O)Nc1ccc(NC(C)C(C)C)cc1. The predicted molar refractivity (Wildman–Crippen MR) is 77.8 cm³/mol. The molecule has 0 bridgehead atoms. The molecule has 0 saturated heterocycles. The van der Waals surface area contributed by atoms with E-state index in [9.17, 15) is 4.79 Å². The van der Waals surface area contributed by atoms with E-state index < -0.39 is 0 Å².